The molecule has 0 saturated carbocycles. The van der Waals surface area contributed by atoms with Gasteiger partial charge in [0.2, 0.25) is 5.91 Å². The third kappa shape index (κ3) is 5.31. The lowest BCUT2D eigenvalue weighted by Gasteiger charge is -2.07. The van der Waals surface area contributed by atoms with E-state index in [-0.39, 0.29) is 5.91 Å². The largest absolute Gasteiger partial charge is 0.494 e. The number of carbonyl (C=O) groups is 1. The van der Waals surface area contributed by atoms with Gasteiger partial charge in [0.15, 0.2) is 5.13 Å². The van der Waals surface area contributed by atoms with Crippen LogP contribution < -0.4 is 10.1 Å². The second-order valence-electron chi connectivity index (χ2n) is 6.20. The molecule has 0 radical (unpaired) electrons. The summed E-state index contributed by atoms with van der Waals surface area (Å²) in [6.07, 6.45) is 1.01. The SMILES string of the molecule is Cc1cc(OCCCC(=O)Nc2nc(-c3ccccc3)c(C)s2)ccc1Cl. The number of aryl methyl sites for hydroxylation is 2. The minimum absolute atomic E-state index is 0.0563. The van der Waals surface area contributed by atoms with Gasteiger partial charge >= 0.3 is 0 Å². The van der Waals surface area contributed by atoms with Gasteiger partial charge in [0.25, 0.3) is 0 Å². The highest BCUT2D eigenvalue weighted by Crippen LogP contribution is 2.30. The van der Waals surface area contributed by atoms with Crippen LogP contribution in [0.5, 0.6) is 5.75 Å². The van der Waals surface area contributed by atoms with E-state index in [2.05, 4.69) is 10.3 Å². The Bertz CT molecular complexity index is 925. The van der Waals surface area contributed by atoms with Crippen LogP contribution in [0.4, 0.5) is 5.13 Å². The maximum atomic E-state index is 12.2. The average molecular weight is 401 g/mol. The Morgan fingerprint density at radius 2 is 1.96 bits per heavy atom. The quantitative estimate of drug-likeness (QED) is 0.504. The maximum Gasteiger partial charge on any atom is 0.226 e. The fourth-order valence-electron chi connectivity index (χ4n) is 2.63. The normalized spacial score (nSPS) is 10.6. The Balaban J connectivity index is 1.47. The van der Waals surface area contributed by atoms with Gasteiger partial charge in [0.05, 0.1) is 12.3 Å². The number of anilines is 1. The zero-order valence-electron chi connectivity index (χ0n) is 15.3. The van der Waals surface area contributed by atoms with Crippen molar-refractivity contribution < 1.29 is 9.53 Å². The highest BCUT2D eigenvalue weighted by molar-refractivity contribution is 7.16. The van der Waals surface area contributed by atoms with Gasteiger partial charge in [0.1, 0.15) is 5.75 Å². The molecule has 3 rings (SSSR count). The first-order valence-electron chi connectivity index (χ1n) is 8.74. The molecule has 4 nitrogen and oxygen atoms in total. The van der Waals surface area contributed by atoms with Crippen molar-refractivity contribution in [2.24, 2.45) is 0 Å². The third-order valence-electron chi connectivity index (χ3n) is 4.04. The number of carbonyl (C=O) groups excluding carboxylic acids is 1. The van der Waals surface area contributed by atoms with E-state index in [0.717, 1.165) is 32.5 Å². The number of aromatic nitrogens is 1. The zero-order chi connectivity index (χ0) is 19.2. The minimum Gasteiger partial charge on any atom is -0.494 e. The van der Waals surface area contributed by atoms with Gasteiger partial charge < -0.3 is 10.1 Å². The van der Waals surface area contributed by atoms with Crippen LogP contribution in [0.3, 0.4) is 0 Å². The predicted octanol–water partition coefficient (Wildman–Crippen LogP) is 5.88. The van der Waals surface area contributed by atoms with Crippen LogP contribution in [0.25, 0.3) is 11.3 Å². The topological polar surface area (TPSA) is 51.2 Å². The van der Waals surface area contributed by atoms with Gasteiger partial charge in [-0.15, -0.1) is 11.3 Å². The molecule has 0 aliphatic rings. The third-order valence-corrected chi connectivity index (χ3v) is 5.35. The Hall–Kier alpha value is -2.37. The molecule has 0 aliphatic heterocycles. The van der Waals surface area contributed by atoms with Crippen molar-refractivity contribution in [2.45, 2.75) is 26.7 Å². The number of hydrogen-bond donors (Lipinski definition) is 1. The fourth-order valence-corrected chi connectivity index (χ4v) is 3.59. The van der Waals surface area contributed by atoms with Crippen molar-refractivity contribution >= 4 is 34.0 Å². The maximum absolute atomic E-state index is 12.2. The molecule has 1 aromatic heterocycles. The van der Waals surface area contributed by atoms with Crippen LogP contribution in [0.1, 0.15) is 23.3 Å². The summed E-state index contributed by atoms with van der Waals surface area (Å²) in [7, 11) is 0. The van der Waals surface area contributed by atoms with Gasteiger partial charge in [-0.05, 0) is 44.0 Å². The van der Waals surface area contributed by atoms with Crippen molar-refractivity contribution in [1.82, 2.24) is 4.98 Å². The molecule has 0 saturated heterocycles. The summed E-state index contributed by atoms with van der Waals surface area (Å²) in [5, 5.41) is 4.23. The first kappa shape index (κ1) is 19.4. The van der Waals surface area contributed by atoms with Crippen molar-refractivity contribution in [2.75, 3.05) is 11.9 Å². The first-order chi connectivity index (χ1) is 13.0. The Morgan fingerprint density at radius 1 is 1.19 bits per heavy atom. The van der Waals surface area contributed by atoms with Crippen LogP contribution in [0, 0.1) is 13.8 Å². The standard InChI is InChI=1S/C21H21ClN2O2S/c1-14-13-17(10-11-18(14)22)26-12-6-9-19(25)23-21-24-20(15(2)27-21)16-7-4-3-5-8-16/h3-5,7-8,10-11,13H,6,9,12H2,1-2H3,(H,23,24,25). The van der Waals surface area contributed by atoms with Crippen molar-refractivity contribution in [3.05, 3.63) is 64.0 Å². The molecule has 0 aliphatic carbocycles. The van der Waals surface area contributed by atoms with Crippen LogP contribution >= 0.6 is 22.9 Å². The molecule has 0 unspecified atom stereocenters. The average Bonchev–Trinajstić information content (AvgIpc) is 3.02. The van der Waals surface area contributed by atoms with Crippen molar-refractivity contribution in [1.29, 1.82) is 0 Å². The van der Waals surface area contributed by atoms with Gasteiger partial charge in [-0.25, -0.2) is 4.98 Å². The van der Waals surface area contributed by atoms with Gasteiger partial charge in [-0.1, -0.05) is 41.9 Å². The van der Waals surface area contributed by atoms with Gasteiger partial charge in [0, 0.05) is 21.9 Å². The first-order valence-corrected chi connectivity index (χ1v) is 9.94. The summed E-state index contributed by atoms with van der Waals surface area (Å²) in [5.74, 6) is 0.708. The van der Waals surface area contributed by atoms with Crippen LogP contribution in [-0.2, 0) is 4.79 Å². The number of ether oxygens (including phenoxy) is 1. The Kier molecular flexibility index (Phi) is 6.48. The van der Waals surface area contributed by atoms with Crippen LogP contribution in [0.2, 0.25) is 5.02 Å². The summed E-state index contributed by atoms with van der Waals surface area (Å²) < 4.78 is 5.67. The molecular weight excluding hydrogens is 380 g/mol. The smallest absolute Gasteiger partial charge is 0.226 e. The molecule has 1 amide bonds. The molecule has 3 aromatic rings. The lowest BCUT2D eigenvalue weighted by atomic mass is 10.1. The molecule has 0 atom stereocenters. The number of amides is 1. The zero-order valence-corrected chi connectivity index (χ0v) is 16.9. The summed E-state index contributed by atoms with van der Waals surface area (Å²) in [6, 6.07) is 15.5. The monoisotopic (exact) mass is 400 g/mol. The number of nitrogens with zero attached hydrogens (tertiary/aromatic N) is 1. The van der Waals surface area contributed by atoms with Gasteiger partial charge in [-0.3, -0.25) is 4.79 Å². The Labute approximate surface area is 168 Å². The van der Waals surface area contributed by atoms with E-state index in [9.17, 15) is 4.79 Å². The molecule has 0 spiro atoms. The molecule has 1 N–H and O–H groups in total. The lowest BCUT2D eigenvalue weighted by molar-refractivity contribution is -0.116. The van der Waals surface area contributed by atoms with E-state index in [0.29, 0.717) is 24.6 Å². The molecule has 2 aromatic carbocycles. The lowest BCUT2D eigenvalue weighted by Crippen LogP contribution is -2.12. The number of rotatable bonds is 7. The molecular formula is C21H21ClN2O2S. The number of hydrogen-bond acceptors (Lipinski definition) is 4. The molecule has 140 valence electrons. The van der Waals surface area contributed by atoms with E-state index >= 15 is 0 Å². The minimum atomic E-state index is -0.0563. The summed E-state index contributed by atoms with van der Waals surface area (Å²) in [5.41, 5.74) is 2.94. The number of nitrogens with one attached hydrogen (secondary N) is 1. The number of benzene rings is 2. The highest BCUT2D eigenvalue weighted by atomic mass is 35.5. The molecule has 0 bridgehead atoms. The number of thiazole rings is 1. The van der Waals surface area contributed by atoms with E-state index in [1.165, 1.54) is 11.3 Å². The summed E-state index contributed by atoms with van der Waals surface area (Å²) in [4.78, 5) is 17.8. The van der Waals surface area contributed by atoms with Crippen LogP contribution in [-0.4, -0.2) is 17.5 Å². The highest BCUT2D eigenvalue weighted by Gasteiger charge is 2.12. The molecule has 0 fully saturated rings. The number of halogens is 1. The molecule has 1 heterocycles. The van der Waals surface area contributed by atoms with Gasteiger partial charge in [-0.2, -0.15) is 0 Å². The Morgan fingerprint density at radius 3 is 2.70 bits per heavy atom. The van der Waals surface area contributed by atoms with Crippen molar-refractivity contribution in [3.8, 4) is 17.0 Å². The summed E-state index contributed by atoms with van der Waals surface area (Å²) >= 11 is 7.49. The van der Waals surface area contributed by atoms with E-state index in [1.54, 1.807) is 0 Å². The van der Waals surface area contributed by atoms with E-state index in [4.69, 9.17) is 16.3 Å². The van der Waals surface area contributed by atoms with Crippen LogP contribution in [0.15, 0.2) is 48.5 Å². The molecule has 27 heavy (non-hydrogen) atoms. The summed E-state index contributed by atoms with van der Waals surface area (Å²) in [6.45, 7) is 4.42. The van der Waals surface area contributed by atoms with Crippen molar-refractivity contribution in [3.63, 3.8) is 0 Å². The van der Waals surface area contributed by atoms with E-state index < -0.39 is 0 Å². The second-order valence-corrected chi connectivity index (χ2v) is 7.81. The predicted molar refractivity (Wildman–Crippen MR) is 112 cm³/mol. The van der Waals surface area contributed by atoms with E-state index in [1.807, 2.05) is 62.4 Å². The second kappa shape index (κ2) is 9.02. The molecule has 6 heteroatoms. The fraction of sp³-hybridized carbons (Fsp3) is 0.238.